The molecule has 4 heterocycles. The summed E-state index contributed by atoms with van der Waals surface area (Å²) in [5.74, 6) is 1.03. The smallest absolute Gasteiger partial charge is 0.228 e. The molecule has 7 nitrogen and oxygen atoms in total. The first-order valence-corrected chi connectivity index (χ1v) is 10.6. The van der Waals surface area contributed by atoms with E-state index in [1.165, 1.54) is 0 Å². The summed E-state index contributed by atoms with van der Waals surface area (Å²) in [6, 6.07) is 10.4. The second kappa shape index (κ2) is 7.00. The minimum atomic E-state index is -0.432. The molecule has 30 heavy (non-hydrogen) atoms. The second-order valence-electron chi connectivity index (χ2n) is 8.58. The molecule has 2 aromatic heterocycles. The van der Waals surface area contributed by atoms with Gasteiger partial charge in [0.25, 0.3) is 0 Å². The maximum atomic E-state index is 12.8. The van der Waals surface area contributed by atoms with Crippen molar-refractivity contribution in [1.82, 2.24) is 24.5 Å². The van der Waals surface area contributed by atoms with Gasteiger partial charge in [-0.1, -0.05) is 12.1 Å². The van der Waals surface area contributed by atoms with Crippen LogP contribution in [0.3, 0.4) is 0 Å². The number of aromatic nitrogens is 4. The Bertz CT molecular complexity index is 1090. The van der Waals surface area contributed by atoms with Crippen molar-refractivity contribution < 1.29 is 9.53 Å². The number of rotatable bonds is 3. The highest BCUT2D eigenvalue weighted by atomic mass is 16.5. The van der Waals surface area contributed by atoms with Gasteiger partial charge < -0.3 is 9.64 Å². The Morgan fingerprint density at radius 2 is 1.97 bits per heavy atom. The predicted octanol–water partition coefficient (Wildman–Crippen LogP) is 3.32. The van der Waals surface area contributed by atoms with E-state index in [-0.39, 0.29) is 11.9 Å². The fourth-order valence-electron chi connectivity index (χ4n) is 4.69. The predicted molar refractivity (Wildman–Crippen MR) is 113 cm³/mol. The molecule has 5 rings (SSSR count). The van der Waals surface area contributed by atoms with E-state index >= 15 is 0 Å². The number of ether oxygens (including phenoxy) is 1. The van der Waals surface area contributed by atoms with Crippen LogP contribution >= 0.6 is 0 Å². The first kappa shape index (κ1) is 18.9. The van der Waals surface area contributed by atoms with Crippen LogP contribution in [0.5, 0.6) is 5.75 Å². The Hall–Kier alpha value is -3.09. The Morgan fingerprint density at radius 1 is 1.20 bits per heavy atom. The number of benzene rings is 1. The number of nitrogens with zero attached hydrogens (tertiary/aromatic N) is 5. The highest BCUT2D eigenvalue weighted by Gasteiger charge is 2.46. The van der Waals surface area contributed by atoms with Crippen LogP contribution in [0.25, 0.3) is 11.3 Å². The van der Waals surface area contributed by atoms with Crippen LogP contribution in [0.15, 0.2) is 42.7 Å². The molecule has 0 N–H and O–H groups in total. The molecule has 1 spiro atoms. The molecule has 0 unspecified atom stereocenters. The van der Waals surface area contributed by atoms with Crippen LogP contribution in [0.1, 0.15) is 44.0 Å². The van der Waals surface area contributed by atoms with Crippen molar-refractivity contribution in [2.24, 2.45) is 7.05 Å². The first-order chi connectivity index (χ1) is 14.5. The molecular formula is C23H27N5O2. The molecule has 0 atom stereocenters. The van der Waals surface area contributed by atoms with Gasteiger partial charge in [-0.15, -0.1) is 0 Å². The number of carbonyl (C=O) groups excluding carboxylic acids is 1. The van der Waals surface area contributed by atoms with E-state index < -0.39 is 5.60 Å². The highest BCUT2D eigenvalue weighted by molar-refractivity contribution is 5.79. The van der Waals surface area contributed by atoms with Crippen LogP contribution in [-0.4, -0.2) is 43.5 Å². The summed E-state index contributed by atoms with van der Waals surface area (Å²) < 4.78 is 10.4. The van der Waals surface area contributed by atoms with Gasteiger partial charge in [0.2, 0.25) is 5.91 Å². The molecule has 0 bridgehead atoms. The Kier molecular flexibility index (Phi) is 4.41. The number of aryl methyl sites for hydroxylation is 1. The summed E-state index contributed by atoms with van der Waals surface area (Å²) in [6.45, 7) is 5.63. The molecule has 0 radical (unpaired) electrons. The van der Waals surface area contributed by atoms with Crippen molar-refractivity contribution >= 4 is 5.91 Å². The molecule has 7 heteroatoms. The lowest BCUT2D eigenvalue weighted by Gasteiger charge is -2.44. The van der Waals surface area contributed by atoms with Crippen molar-refractivity contribution in [1.29, 1.82) is 0 Å². The number of fused-ring (bicyclic) bond motifs is 4. The summed E-state index contributed by atoms with van der Waals surface area (Å²) in [5.41, 5.74) is 3.77. The van der Waals surface area contributed by atoms with E-state index in [9.17, 15) is 4.79 Å². The van der Waals surface area contributed by atoms with Crippen LogP contribution in [0.2, 0.25) is 0 Å². The van der Waals surface area contributed by atoms with Gasteiger partial charge in [0.15, 0.2) is 0 Å². The number of likely N-dealkylation sites (tertiary alicyclic amines) is 1. The molecule has 1 fully saturated rings. The molecule has 1 saturated heterocycles. The third-order valence-corrected chi connectivity index (χ3v) is 6.25. The van der Waals surface area contributed by atoms with Gasteiger partial charge in [-0.25, -0.2) is 0 Å². The van der Waals surface area contributed by atoms with E-state index in [1.54, 1.807) is 4.68 Å². The van der Waals surface area contributed by atoms with E-state index in [2.05, 4.69) is 29.7 Å². The van der Waals surface area contributed by atoms with Gasteiger partial charge in [0, 0.05) is 56.3 Å². The summed E-state index contributed by atoms with van der Waals surface area (Å²) in [6.07, 6.45) is 5.69. The van der Waals surface area contributed by atoms with Crippen LogP contribution < -0.4 is 4.74 Å². The Labute approximate surface area is 176 Å². The monoisotopic (exact) mass is 405 g/mol. The number of amides is 1. The van der Waals surface area contributed by atoms with Gasteiger partial charge in [-0.05, 0) is 32.0 Å². The van der Waals surface area contributed by atoms with Gasteiger partial charge in [-0.2, -0.15) is 10.2 Å². The minimum absolute atomic E-state index is 0.123. The molecule has 1 amide bonds. The maximum Gasteiger partial charge on any atom is 0.228 e. The largest absolute Gasteiger partial charge is 0.482 e. The van der Waals surface area contributed by atoms with Gasteiger partial charge in [-0.3, -0.25) is 14.2 Å². The lowest BCUT2D eigenvalue weighted by molar-refractivity contribution is -0.134. The molecule has 2 aliphatic rings. The number of piperidine rings is 1. The fraction of sp³-hybridized carbons (Fsp3) is 0.435. The van der Waals surface area contributed by atoms with Gasteiger partial charge in [0.1, 0.15) is 11.4 Å². The second-order valence-corrected chi connectivity index (χ2v) is 8.58. The average molecular weight is 406 g/mol. The summed E-state index contributed by atoms with van der Waals surface area (Å²) in [7, 11) is 1.87. The molecule has 1 aromatic carbocycles. The normalized spacial score (nSPS) is 17.0. The Morgan fingerprint density at radius 3 is 2.67 bits per heavy atom. The van der Waals surface area contributed by atoms with Gasteiger partial charge >= 0.3 is 0 Å². The molecular weight excluding hydrogens is 378 g/mol. The summed E-state index contributed by atoms with van der Waals surface area (Å²) in [5, 5.41) is 9.04. The van der Waals surface area contributed by atoms with Crippen molar-refractivity contribution in [3.8, 4) is 17.0 Å². The quantitative estimate of drug-likeness (QED) is 0.671. The van der Waals surface area contributed by atoms with Crippen LogP contribution in [-0.2, 0) is 23.9 Å². The fourth-order valence-corrected chi connectivity index (χ4v) is 4.69. The maximum absolute atomic E-state index is 12.8. The lowest BCUT2D eigenvalue weighted by Crippen LogP contribution is -2.49. The molecule has 2 aliphatic heterocycles. The van der Waals surface area contributed by atoms with Crippen LogP contribution in [0, 0.1) is 0 Å². The SMILES string of the molecule is CC(C)n1ncc2c1-c1ccccc1OC21CCN(C(=O)Cc2ccn(C)n2)CC1. The van der Waals surface area contributed by atoms with Gasteiger partial charge in [0.05, 0.1) is 24.0 Å². The molecule has 156 valence electrons. The number of hydrogen-bond donors (Lipinski definition) is 0. The third kappa shape index (κ3) is 3.00. The van der Waals surface area contributed by atoms with Crippen molar-refractivity contribution in [3.05, 3.63) is 54.0 Å². The third-order valence-electron chi connectivity index (χ3n) is 6.25. The van der Waals surface area contributed by atoms with Crippen molar-refractivity contribution in [3.63, 3.8) is 0 Å². The van der Waals surface area contributed by atoms with Crippen molar-refractivity contribution in [2.75, 3.05) is 13.1 Å². The summed E-state index contributed by atoms with van der Waals surface area (Å²) in [4.78, 5) is 14.7. The van der Waals surface area contributed by atoms with E-state index in [0.29, 0.717) is 19.5 Å². The average Bonchev–Trinajstić information content (AvgIpc) is 3.36. The number of para-hydroxylation sites is 1. The topological polar surface area (TPSA) is 65.2 Å². The first-order valence-electron chi connectivity index (χ1n) is 10.6. The number of hydrogen-bond acceptors (Lipinski definition) is 4. The van der Waals surface area contributed by atoms with E-state index in [4.69, 9.17) is 9.84 Å². The molecule has 0 saturated carbocycles. The minimum Gasteiger partial charge on any atom is -0.482 e. The van der Waals surface area contributed by atoms with Crippen LogP contribution in [0.4, 0.5) is 0 Å². The summed E-state index contributed by atoms with van der Waals surface area (Å²) >= 11 is 0. The lowest BCUT2D eigenvalue weighted by atomic mass is 9.81. The highest BCUT2D eigenvalue weighted by Crippen LogP contribution is 2.49. The van der Waals surface area contributed by atoms with E-state index in [1.807, 2.05) is 48.6 Å². The van der Waals surface area contributed by atoms with Crippen molar-refractivity contribution in [2.45, 2.75) is 44.8 Å². The number of carbonyl (C=O) groups is 1. The zero-order valence-corrected chi connectivity index (χ0v) is 17.7. The van der Waals surface area contributed by atoms with E-state index in [0.717, 1.165) is 41.1 Å². The standard InChI is InChI=1S/C23H27N5O2/c1-16(2)28-22-18-6-4-5-7-20(18)30-23(19(22)15-24-28)9-12-27(13-10-23)21(29)14-17-8-11-26(3)25-17/h4-8,11,15-16H,9-10,12-14H2,1-3H3. The zero-order valence-electron chi connectivity index (χ0n) is 17.7. The Balaban J connectivity index is 1.41. The zero-order chi connectivity index (χ0) is 20.9. The molecule has 3 aromatic rings. The molecule has 0 aliphatic carbocycles.